The smallest absolute Gasteiger partial charge is 0.335 e. The quantitative estimate of drug-likeness (QED) is 0.774. The Kier molecular flexibility index (Phi) is 5.04. The van der Waals surface area contributed by atoms with Crippen LogP contribution in [-0.2, 0) is 4.79 Å². The van der Waals surface area contributed by atoms with Crippen LogP contribution >= 0.6 is 11.8 Å². The van der Waals surface area contributed by atoms with Gasteiger partial charge in [0.2, 0.25) is 5.91 Å². The highest BCUT2D eigenvalue weighted by atomic mass is 32.2. The topological polar surface area (TPSA) is 90.2 Å². The summed E-state index contributed by atoms with van der Waals surface area (Å²) in [5.41, 5.74) is 0.555. The van der Waals surface area contributed by atoms with E-state index in [1.54, 1.807) is 12.1 Å². The van der Waals surface area contributed by atoms with Gasteiger partial charge in [0.05, 0.1) is 23.1 Å². The lowest BCUT2D eigenvalue weighted by molar-refractivity contribution is -0.113. The predicted octanol–water partition coefficient (Wildman–Crippen LogP) is 1.58. The number of hydrogen-bond acceptors (Lipinski definition) is 4. The summed E-state index contributed by atoms with van der Waals surface area (Å²) in [6.45, 7) is 0. The van der Waals surface area contributed by atoms with Crippen molar-refractivity contribution in [3.8, 4) is 6.07 Å². The van der Waals surface area contributed by atoms with Gasteiger partial charge >= 0.3 is 5.97 Å². The molecule has 0 atom stereocenters. The summed E-state index contributed by atoms with van der Waals surface area (Å²) < 4.78 is 0. The third kappa shape index (κ3) is 4.57. The zero-order valence-corrected chi connectivity index (χ0v) is 9.66. The van der Waals surface area contributed by atoms with E-state index in [0.29, 0.717) is 5.69 Å². The highest BCUT2D eigenvalue weighted by molar-refractivity contribution is 8.00. The van der Waals surface area contributed by atoms with E-state index in [9.17, 15) is 9.59 Å². The van der Waals surface area contributed by atoms with Gasteiger partial charge in [-0.2, -0.15) is 5.26 Å². The molecule has 1 amide bonds. The van der Waals surface area contributed by atoms with Crippen LogP contribution in [0.2, 0.25) is 0 Å². The van der Waals surface area contributed by atoms with Gasteiger partial charge in [-0.3, -0.25) is 4.79 Å². The Balaban J connectivity index is 2.57. The SMILES string of the molecule is N#CCSCC(=O)Nc1cccc(C(=O)O)c1. The summed E-state index contributed by atoms with van der Waals surface area (Å²) in [6, 6.07) is 7.91. The first kappa shape index (κ1) is 13.1. The van der Waals surface area contributed by atoms with Gasteiger partial charge in [0, 0.05) is 5.69 Å². The molecule has 88 valence electrons. The van der Waals surface area contributed by atoms with Crippen molar-refractivity contribution in [1.82, 2.24) is 0 Å². The molecule has 0 bridgehead atoms. The number of benzene rings is 1. The van der Waals surface area contributed by atoms with Crippen LogP contribution in [0.3, 0.4) is 0 Å². The number of amides is 1. The van der Waals surface area contributed by atoms with Crippen molar-refractivity contribution >= 4 is 29.3 Å². The maximum Gasteiger partial charge on any atom is 0.335 e. The second-order valence-corrected chi connectivity index (χ2v) is 4.07. The molecule has 0 saturated heterocycles. The fourth-order valence-corrected chi connectivity index (χ4v) is 1.57. The number of carbonyl (C=O) groups is 2. The molecule has 1 rings (SSSR count). The van der Waals surface area contributed by atoms with E-state index >= 15 is 0 Å². The fraction of sp³-hybridized carbons (Fsp3) is 0.182. The Hall–Kier alpha value is -2.00. The highest BCUT2D eigenvalue weighted by Gasteiger charge is 2.06. The van der Waals surface area contributed by atoms with Gasteiger partial charge in [0.25, 0.3) is 0 Å². The summed E-state index contributed by atoms with van der Waals surface area (Å²) in [7, 11) is 0. The van der Waals surface area contributed by atoms with E-state index in [-0.39, 0.29) is 23.0 Å². The van der Waals surface area contributed by atoms with E-state index in [2.05, 4.69) is 5.32 Å². The minimum absolute atomic E-state index is 0.118. The molecule has 6 heteroatoms. The monoisotopic (exact) mass is 250 g/mol. The molecule has 0 aliphatic rings. The Morgan fingerprint density at radius 2 is 2.24 bits per heavy atom. The Morgan fingerprint density at radius 1 is 1.47 bits per heavy atom. The van der Waals surface area contributed by atoms with Gasteiger partial charge in [-0.1, -0.05) is 6.07 Å². The number of aromatic carboxylic acids is 1. The van der Waals surface area contributed by atoms with E-state index in [0.717, 1.165) is 0 Å². The Morgan fingerprint density at radius 3 is 2.88 bits per heavy atom. The van der Waals surface area contributed by atoms with Gasteiger partial charge in [0.15, 0.2) is 0 Å². The van der Waals surface area contributed by atoms with Crippen LogP contribution in [0.15, 0.2) is 24.3 Å². The van der Waals surface area contributed by atoms with Crippen molar-refractivity contribution in [1.29, 1.82) is 5.26 Å². The second kappa shape index (κ2) is 6.55. The Bertz CT molecular complexity index is 468. The number of thioether (sulfide) groups is 1. The molecule has 0 aliphatic heterocycles. The summed E-state index contributed by atoms with van der Waals surface area (Å²) in [5, 5.41) is 19.6. The van der Waals surface area contributed by atoms with Gasteiger partial charge in [-0.15, -0.1) is 11.8 Å². The van der Waals surface area contributed by atoms with Crippen molar-refractivity contribution in [2.24, 2.45) is 0 Å². The molecule has 17 heavy (non-hydrogen) atoms. The zero-order valence-electron chi connectivity index (χ0n) is 8.84. The average molecular weight is 250 g/mol. The molecule has 0 spiro atoms. The molecular weight excluding hydrogens is 240 g/mol. The maximum absolute atomic E-state index is 11.4. The van der Waals surface area contributed by atoms with E-state index < -0.39 is 5.97 Å². The predicted molar refractivity (Wildman–Crippen MR) is 65.0 cm³/mol. The van der Waals surface area contributed by atoms with E-state index in [1.807, 2.05) is 6.07 Å². The highest BCUT2D eigenvalue weighted by Crippen LogP contribution is 2.11. The van der Waals surface area contributed by atoms with Crippen LogP contribution in [0.4, 0.5) is 5.69 Å². The minimum atomic E-state index is -1.04. The van der Waals surface area contributed by atoms with Gasteiger partial charge in [-0.25, -0.2) is 4.79 Å². The molecule has 0 heterocycles. The molecule has 0 aromatic heterocycles. The van der Waals surface area contributed by atoms with Crippen molar-refractivity contribution in [3.63, 3.8) is 0 Å². The number of rotatable bonds is 5. The summed E-state index contributed by atoms with van der Waals surface area (Å²) >= 11 is 1.20. The summed E-state index contributed by atoms with van der Waals surface area (Å²) in [4.78, 5) is 22.1. The zero-order chi connectivity index (χ0) is 12.7. The lowest BCUT2D eigenvalue weighted by atomic mass is 10.2. The molecule has 0 unspecified atom stereocenters. The fourth-order valence-electron chi connectivity index (χ4n) is 1.12. The molecular formula is C11H10N2O3S. The van der Waals surface area contributed by atoms with E-state index in [1.165, 1.54) is 23.9 Å². The van der Waals surface area contributed by atoms with Crippen LogP contribution < -0.4 is 5.32 Å². The normalized spacial score (nSPS) is 9.35. The summed E-state index contributed by atoms with van der Waals surface area (Å²) in [6.07, 6.45) is 0. The third-order valence-electron chi connectivity index (χ3n) is 1.79. The molecule has 0 radical (unpaired) electrons. The number of carbonyl (C=O) groups excluding carboxylic acids is 1. The van der Waals surface area contributed by atoms with Crippen LogP contribution in [0.5, 0.6) is 0 Å². The van der Waals surface area contributed by atoms with Crippen LogP contribution in [0, 0.1) is 11.3 Å². The minimum Gasteiger partial charge on any atom is -0.478 e. The molecule has 1 aromatic carbocycles. The molecule has 5 nitrogen and oxygen atoms in total. The second-order valence-electron chi connectivity index (χ2n) is 3.09. The average Bonchev–Trinajstić information content (AvgIpc) is 2.29. The first-order valence-corrected chi connectivity index (χ1v) is 5.87. The van der Waals surface area contributed by atoms with Crippen molar-refractivity contribution < 1.29 is 14.7 Å². The number of nitrogens with zero attached hydrogens (tertiary/aromatic N) is 1. The van der Waals surface area contributed by atoms with Crippen molar-refractivity contribution in [2.75, 3.05) is 16.8 Å². The summed E-state index contributed by atoms with van der Waals surface area (Å²) in [5.74, 6) is -0.874. The Labute approximate surface area is 102 Å². The number of hydrogen-bond donors (Lipinski definition) is 2. The molecule has 0 fully saturated rings. The van der Waals surface area contributed by atoms with E-state index in [4.69, 9.17) is 10.4 Å². The largest absolute Gasteiger partial charge is 0.478 e. The number of nitrogens with one attached hydrogen (secondary N) is 1. The third-order valence-corrected chi connectivity index (χ3v) is 2.59. The van der Waals surface area contributed by atoms with Gasteiger partial charge in [0.1, 0.15) is 0 Å². The lowest BCUT2D eigenvalue weighted by Gasteiger charge is -2.04. The van der Waals surface area contributed by atoms with Crippen molar-refractivity contribution in [3.05, 3.63) is 29.8 Å². The molecule has 0 aliphatic carbocycles. The van der Waals surface area contributed by atoms with Crippen molar-refractivity contribution in [2.45, 2.75) is 0 Å². The number of nitriles is 1. The first-order valence-electron chi connectivity index (χ1n) is 4.71. The van der Waals surface area contributed by atoms with Crippen LogP contribution in [0.25, 0.3) is 0 Å². The van der Waals surface area contributed by atoms with Crippen LogP contribution in [-0.4, -0.2) is 28.5 Å². The molecule has 2 N–H and O–H groups in total. The standard InChI is InChI=1S/C11H10N2O3S/c12-4-5-17-7-10(14)13-9-3-1-2-8(6-9)11(15)16/h1-3,6H,5,7H2,(H,13,14)(H,15,16). The first-order chi connectivity index (χ1) is 8.13. The van der Waals surface area contributed by atoms with Gasteiger partial charge in [-0.05, 0) is 18.2 Å². The van der Waals surface area contributed by atoms with Crippen LogP contribution in [0.1, 0.15) is 10.4 Å². The number of carboxylic acids is 1. The number of carboxylic acid groups (broad SMARTS) is 1. The molecule has 1 aromatic rings. The lowest BCUT2D eigenvalue weighted by Crippen LogP contribution is -2.14. The maximum atomic E-state index is 11.4. The number of anilines is 1. The van der Waals surface area contributed by atoms with Gasteiger partial charge < -0.3 is 10.4 Å². The molecule has 0 saturated carbocycles.